The lowest BCUT2D eigenvalue weighted by Crippen LogP contribution is -2.36. The van der Waals surface area contributed by atoms with Crippen molar-refractivity contribution in [3.63, 3.8) is 0 Å². The number of nitrogens with one attached hydrogen (secondary N) is 3. The fourth-order valence-corrected chi connectivity index (χ4v) is 6.03. The molecule has 0 aliphatic carbocycles. The van der Waals surface area contributed by atoms with Crippen molar-refractivity contribution in [3.05, 3.63) is 39.3 Å². The number of carboxylic acid groups (broad SMARTS) is 1. The van der Waals surface area contributed by atoms with Gasteiger partial charge in [-0.15, -0.1) is 0 Å². The number of nitrogens with zero attached hydrogens (tertiary/aromatic N) is 4. The summed E-state index contributed by atoms with van der Waals surface area (Å²) in [4.78, 5) is 37.8. The van der Waals surface area contributed by atoms with Crippen molar-refractivity contribution in [3.8, 4) is 0 Å². The molecular weight excluding hydrogens is 562 g/mol. The zero-order chi connectivity index (χ0) is 29.2. The van der Waals surface area contributed by atoms with Crippen LogP contribution in [0, 0.1) is 23.3 Å². The Morgan fingerprint density at radius 3 is 2.55 bits per heavy atom. The molecule has 12 nitrogen and oxygen atoms in total. The highest BCUT2D eigenvalue weighted by atomic mass is 32.2. The number of aliphatic carboxylic acids is 1. The maximum Gasteiger partial charge on any atom is 0.317 e. The average Bonchev–Trinajstić information content (AvgIpc) is 3.46. The van der Waals surface area contributed by atoms with Crippen LogP contribution in [0.4, 0.5) is 28.0 Å². The molecule has 0 aromatic heterocycles. The number of azide groups is 1. The van der Waals surface area contributed by atoms with E-state index in [4.69, 9.17) is 15.4 Å². The summed E-state index contributed by atoms with van der Waals surface area (Å²) in [5.41, 5.74) is 5.81. The lowest BCUT2D eigenvalue weighted by atomic mass is 10.0. The van der Waals surface area contributed by atoms with E-state index in [0.717, 1.165) is 23.5 Å². The third-order valence-corrected chi connectivity index (χ3v) is 7.93. The molecule has 2 aliphatic heterocycles. The number of carbonyl (C=O) groups excluding carboxylic acids is 2. The lowest BCUT2D eigenvalue weighted by molar-refractivity contribution is -0.138. The maximum atomic E-state index is 14.3. The van der Waals surface area contributed by atoms with Crippen molar-refractivity contribution in [2.45, 2.75) is 49.6 Å². The molecule has 3 amide bonds. The van der Waals surface area contributed by atoms with Crippen LogP contribution in [0.2, 0.25) is 0 Å². The Labute approximate surface area is 230 Å². The van der Waals surface area contributed by atoms with E-state index in [1.165, 1.54) is 0 Å². The molecule has 2 fully saturated rings. The van der Waals surface area contributed by atoms with Crippen LogP contribution in [0.1, 0.15) is 31.2 Å². The molecule has 3 unspecified atom stereocenters. The number of unbranched alkanes of at least 4 members (excludes halogenated alkanes) is 1. The first-order valence-corrected chi connectivity index (χ1v) is 13.5. The van der Waals surface area contributed by atoms with Crippen molar-refractivity contribution < 1.29 is 41.8 Å². The van der Waals surface area contributed by atoms with Gasteiger partial charge in [0.2, 0.25) is 5.91 Å². The van der Waals surface area contributed by atoms with Gasteiger partial charge in [-0.3, -0.25) is 14.5 Å². The number of fused-ring (bicyclic) bond motifs is 1. The van der Waals surface area contributed by atoms with E-state index in [0.29, 0.717) is 18.1 Å². The molecular formula is C23H29F4N7O5S. The summed E-state index contributed by atoms with van der Waals surface area (Å²) < 4.78 is 62.0. The van der Waals surface area contributed by atoms with Crippen LogP contribution < -0.4 is 16.0 Å². The van der Waals surface area contributed by atoms with Gasteiger partial charge in [-0.2, -0.15) is 11.8 Å². The van der Waals surface area contributed by atoms with Gasteiger partial charge in [0.05, 0.1) is 31.8 Å². The van der Waals surface area contributed by atoms with Crippen LogP contribution in [0.15, 0.2) is 5.11 Å². The third kappa shape index (κ3) is 8.36. The van der Waals surface area contributed by atoms with Gasteiger partial charge in [0, 0.05) is 47.5 Å². The summed E-state index contributed by atoms with van der Waals surface area (Å²) in [6.45, 7) is -1.49. The zero-order valence-corrected chi connectivity index (χ0v) is 22.1. The van der Waals surface area contributed by atoms with Crippen LogP contribution >= 0.6 is 11.8 Å². The number of ether oxygens (including phenoxy) is 1. The van der Waals surface area contributed by atoms with Gasteiger partial charge < -0.3 is 25.8 Å². The van der Waals surface area contributed by atoms with Crippen LogP contribution in [-0.4, -0.2) is 83.8 Å². The first-order chi connectivity index (χ1) is 19.1. The van der Waals surface area contributed by atoms with E-state index in [2.05, 4.69) is 26.0 Å². The van der Waals surface area contributed by atoms with E-state index in [1.54, 1.807) is 0 Å². The second-order valence-corrected chi connectivity index (χ2v) is 10.5. The minimum Gasteiger partial charge on any atom is -0.480 e. The van der Waals surface area contributed by atoms with Gasteiger partial charge >= 0.3 is 12.0 Å². The Kier molecular flexibility index (Phi) is 11.7. The first kappa shape index (κ1) is 31.3. The summed E-state index contributed by atoms with van der Waals surface area (Å²) in [5, 5.41) is 20.5. The number of amides is 3. The molecule has 220 valence electrons. The number of rotatable bonds is 16. The fraction of sp³-hybridized carbons (Fsp3) is 0.609. The van der Waals surface area contributed by atoms with Gasteiger partial charge in [0.1, 0.15) is 5.69 Å². The smallest absolute Gasteiger partial charge is 0.317 e. The third-order valence-electron chi connectivity index (χ3n) is 6.42. The van der Waals surface area contributed by atoms with E-state index < -0.39 is 53.6 Å². The summed E-state index contributed by atoms with van der Waals surface area (Å²) >= 11 is 1.81. The van der Waals surface area contributed by atoms with Crippen LogP contribution in [-0.2, 0) is 20.9 Å². The van der Waals surface area contributed by atoms with Gasteiger partial charge in [-0.25, -0.2) is 22.4 Å². The second kappa shape index (κ2) is 14.9. The molecule has 17 heteroatoms. The van der Waals surface area contributed by atoms with Crippen LogP contribution in [0.3, 0.4) is 0 Å². The standard InChI is InChI=1S/C23H29F4N7O5S/c24-17-12(18(25)20(27)22(19(17)26)32-33-28)9-34(10-16(36)37)6-8-39-7-5-29-15(35)4-2-1-3-14-21-13(11-40-14)30-23(38)31-21/h13-14,21H,1-11H2,(H,29,35)(H,36,37)(H2,30,31,38). The van der Waals surface area contributed by atoms with E-state index in [9.17, 15) is 31.9 Å². The number of urea groups is 1. The first-order valence-electron chi connectivity index (χ1n) is 12.5. The van der Waals surface area contributed by atoms with Gasteiger partial charge in [-0.05, 0) is 18.4 Å². The Balaban J connectivity index is 1.35. The molecule has 2 saturated heterocycles. The quantitative estimate of drug-likeness (QED) is 0.0436. The molecule has 1 aromatic rings. The highest BCUT2D eigenvalue weighted by Gasteiger charge is 2.42. The minimum atomic E-state index is -1.89. The van der Waals surface area contributed by atoms with Crippen molar-refractivity contribution in [2.24, 2.45) is 5.11 Å². The summed E-state index contributed by atoms with van der Waals surface area (Å²) in [6, 6.07) is 0.149. The Morgan fingerprint density at radius 2 is 1.88 bits per heavy atom. The molecule has 3 atom stereocenters. The number of carboxylic acids is 1. The highest BCUT2D eigenvalue weighted by molar-refractivity contribution is 8.00. The molecule has 0 radical (unpaired) electrons. The topological polar surface area (TPSA) is 169 Å². The number of hydrogen-bond donors (Lipinski definition) is 4. The molecule has 2 aliphatic rings. The number of hydrogen-bond acceptors (Lipinski definition) is 7. The van der Waals surface area contributed by atoms with Crippen molar-refractivity contribution in [2.75, 3.05) is 38.6 Å². The highest BCUT2D eigenvalue weighted by Crippen LogP contribution is 2.33. The normalized spacial score (nSPS) is 19.6. The monoisotopic (exact) mass is 591 g/mol. The average molecular weight is 592 g/mol. The van der Waals surface area contributed by atoms with Crippen molar-refractivity contribution in [1.82, 2.24) is 20.9 Å². The maximum absolute atomic E-state index is 14.3. The molecule has 3 rings (SSSR count). The van der Waals surface area contributed by atoms with Crippen molar-refractivity contribution in [1.29, 1.82) is 0 Å². The number of halogens is 4. The second-order valence-electron chi connectivity index (χ2n) is 9.21. The van der Waals surface area contributed by atoms with Crippen LogP contribution in [0.5, 0.6) is 0 Å². The predicted octanol–water partition coefficient (Wildman–Crippen LogP) is 2.93. The van der Waals surface area contributed by atoms with Crippen molar-refractivity contribution >= 4 is 35.4 Å². The SMILES string of the molecule is [N-]=[N+]=Nc1c(F)c(F)c(CN(CCOCCNC(=O)CCCCC2SCC3NC(=O)NC32)CC(=O)O)c(F)c1F. The molecule has 2 heterocycles. The minimum absolute atomic E-state index is 0.0774. The van der Waals surface area contributed by atoms with E-state index >= 15 is 0 Å². The lowest BCUT2D eigenvalue weighted by Gasteiger charge is -2.21. The number of carbonyl (C=O) groups is 3. The predicted molar refractivity (Wildman–Crippen MR) is 136 cm³/mol. The Bertz CT molecular complexity index is 1130. The molecule has 0 bridgehead atoms. The van der Waals surface area contributed by atoms with Gasteiger partial charge in [0.15, 0.2) is 23.3 Å². The summed E-state index contributed by atoms with van der Waals surface area (Å²) in [5.74, 6) is -8.01. The number of benzene rings is 1. The Hall–Kier alpha value is -3.27. The van der Waals surface area contributed by atoms with Gasteiger partial charge in [0.25, 0.3) is 0 Å². The number of thioether (sulfide) groups is 1. The molecule has 4 N–H and O–H groups in total. The summed E-state index contributed by atoms with van der Waals surface area (Å²) in [6.07, 6.45) is 2.74. The van der Waals surface area contributed by atoms with E-state index in [1.807, 2.05) is 11.8 Å². The fourth-order valence-electron chi connectivity index (χ4n) is 4.49. The van der Waals surface area contributed by atoms with Crippen LogP contribution in [0.25, 0.3) is 10.4 Å². The Morgan fingerprint density at radius 1 is 1.15 bits per heavy atom. The molecule has 40 heavy (non-hydrogen) atoms. The largest absolute Gasteiger partial charge is 0.480 e. The zero-order valence-electron chi connectivity index (χ0n) is 21.3. The summed E-state index contributed by atoms with van der Waals surface area (Å²) in [7, 11) is 0. The molecule has 1 aromatic carbocycles. The van der Waals surface area contributed by atoms with Gasteiger partial charge in [-0.1, -0.05) is 11.5 Å². The molecule has 0 saturated carbocycles. The molecule has 0 spiro atoms. The van der Waals surface area contributed by atoms with E-state index in [-0.39, 0.29) is 50.3 Å².